The normalized spacial score (nSPS) is 10.4. The lowest BCUT2D eigenvalue weighted by Crippen LogP contribution is -2.15. The minimum atomic E-state index is -0.360. The molecule has 7 heteroatoms. The summed E-state index contributed by atoms with van der Waals surface area (Å²) in [7, 11) is 0. The van der Waals surface area contributed by atoms with E-state index in [0.717, 1.165) is 0 Å². The fraction of sp³-hybridized carbons (Fsp3) is 0.385. The van der Waals surface area contributed by atoms with Gasteiger partial charge in [-0.2, -0.15) is 9.97 Å². The molecule has 0 bridgehead atoms. The molecule has 2 heterocycles. The van der Waals surface area contributed by atoms with E-state index < -0.39 is 0 Å². The Kier molecular flexibility index (Phi) is 3.97. The minimum Gasteiger partial charge on any atom is -0.464 e. The number of hydrogen-bond donors (Lipinski definition) is 1. The Bertz CT molecular complexity index is 613. The minimum absolute atomic E-state index is 0.218. The Balaban J connectivity index is 2.23. The second-order valence-corrected chi connectivity index (χ2v) is 4.26. The number of carbonyl (C=O) groups excluding carboxylic acids is 1. The van der Waals surface area contributed by atoms with Gasteiger partial charge in [0.25, 0.3) is 5.91 Å². The lowest BCUT2D eigenvalue weighted by Gasteiger charge is -2.11. The number of nitrogens with zero attached hydrogens (tertiary/aromatic N) is 3. The Morgan fingerprint density at radius 2 is 1.95 bits per heavy atom. The van der Waals surface area contributed by atoms with Crippen LogP contribution in [0.1, 0.15) is 34.6 Å². The number of aryl methyl sites for hydroxylation is 3. The van der Waals surface area contributed by atoms with E-state index in [0.29, 0.717) is 35.5 Å². The molecule has 0 aliphatic carbocycles. The third-order valence-corrected chi connectivity index (χ3v) is 2.62. The van der Waals surface area contributed by atoms with Gasteiger partial charge in [0.2, 0.25) is 0 Å². The molecule has 1 N–H and O–H groups in total. The Labute approximate surface area is 116 Å². The lowest BCUT2D eigenvalue weighted by atomic mass is 10.2. The van der Waals surface area contributed by atoms with Crippen LogP contribution in [-0.2, 0) is 0 Å². The first-order valence-electron chi connectivity index (χ1n) is 6.24. The first kappa shape index (κ1) is 14.0. The number of carbonyl (C=O) groups is 1. The van der Waals surface area contributed by atoms with Crippen molar-refractivity contribution >= 4 is 11.6 Å². The van der Waals surface area contributed by atoms with Crippen LogP contribution in [0.5, 0.6) is 6.01 Å². The van der Waals surface area contributed by atoms with Crippen LogP contribution in [0.15, 0.2) is 10.6 Å². The molecule has 106 valence electrons. The van der Waals surface area contributed by atoms with E-state index in [1.54, 1.807) is 26.8 Å². The predicted molar refractivity (Wildman–Crippen MR) is 71.9 cm³/mol. The molecule has 2 aromatic heterocycles. The van der Waals surface area contributed by atoms with Crippen molar-refractivity contribution in [3.05, 3.63) is 28.9 Å². The Morgan fingerprint density at radius 3 is 2.45 bits per heavy atom. The molecule has 20 heavy (non-hydrogen) atoms. The summed E-state index contributed by atoms with van der Waals surface area (Å²) in [5.74, 6) is 0.215. The summed E-state index contributed by atoms with van der Waals surface area (Å²) >= 11 is 0. The van der Waals surface area contributed by atoms with Crippen molar-refractivity contribution in [2.75, 3.05) is 11.9 Å². The van der Waals surface area contributed by atoms with Crippen molar-refractivity contribution in [2.24, 2.45) is 0 Å². The highest BCUT2D eigenvalue weighted by Crippen LogP contribution is 2.20. The summed E-state index contributed by atoms with van der Waals surface area (Å²) in [5, 5.41) is 6.40. The van der Waals surface area contributed by atoms with Crippen LogP contribution in [-0.4, -0.2) is 27.6 Å². The molecule has 0 unspecified atom stereocenters. The smallest absolute Gasteiger partial charge is 0.316 e. The first-order chi connectivity index (χ1) is 9.51. The second-order valence-electron chi connectivity index (χ2n) is 4.26. The monoisotopic (exact) mass is 276 g/mol. The second kappa shape index (κ2) is 5.68. The molecular formula is C13H16N4O3. The molecule has 0 radical (unpaired) electrons. The molecule has 2 rings (SSSR count). The van der Waals surface area contributed by atoms with Gasteiger partial charge in [0.1, 0.15) is 5.76 Å². The van der Waals surface area contributed by atoms with Crippen LogP contribution in [0, 0.1) is 20.8 Å². The molecule has 0 aliphatic heterocycles. The molecule has 0 aliphatic rings. The first-order valence-corrected chi connectivity index (χ1v) is 6.24. The van der Waals surface area contributed by atoms with E-state index in [4.69, 9.17) is 9.26 Å². The van der Waals surface area contributed by atoms with Crippen molar-refractivity contribution in [1.29, 1.82) is 0 Å². The zero-order chi connectivity index (χ0) is 14.7. The number of rotatable bonds is 4. The number of aromatic nitrogens is 3. The van der Waals surface area contributed by atoms with Gasteiger partial charge in [-0.15, -0.1) is 0 Å². The van der Waals surface area contributed by atoms with Gasteiger partial charge < -0.3 is 14.6 Å². The quantitative estimate of drug-likeness (QED) is 0.919. The highest BCUT2D eigenvalue weighted by molar-refractivity contribution is 6.03. The molecule has 0 spiro atoms. The third-order valence-electron chi connectivity index (χ3n) is 2.62. The summed E-state index contributed by atoms with van der Waals surface area (Å²) < 4.78 is 10.1. The number of nitrogens with one attached hydrogen (secondary N) is 1. The Morgan fingerprint density at radius 1 is 1.30 bits per heavy atom. The largest absolute Gasteiger partial charge is 0.464 e. The van der Waals surface area contributed by atoms with Crippen molar-refractivity contribution in [2.45, 2.75) is 27.7 Å². The van der Waals surface area contributed by atoms with Gasteiger partial charge in [0.15, 0.2) is 5.69 Å². The SMILES string of the molecule is CCOc1nc(C)c(NC(=O)c2cc(C)on2)c(C)n1. The van der Waals surface area contributed by atoms with E-state index in [9.17, 15) is 4.79 Å². The van der Waals surface area contributed by atoms with Crippen molar-refractivity contribution in [1.82, 2.24) is 15.1 Å². The van der Waals surface area contributed by atoms with E-state index in [-0.39, 0.29) is 11.6 Å². The maximum absolute atomic E-state index is 12.0. The maximum atomic E-state index is 12.0. The summed E-state index contributed by atoms with van der Waals surface area (Å²) in [6.07, 6.45) is 0. The zero-order valence-electron chi connectivity index (χ0n) is 11.9. The molecule has 0 atom stereocenters. The van der Waals surface area contributed by atoms with E-state index in [1.165, 1.54) is 0 Å². The molecule has 0 saturated carbocycles. The third kappa shape index (κ3) is 2.93. The van der Waals surface area contributed by atoms with Gasteiger partial charge in [-0.25, -0.2) is 0 Å². The highest BCUT2D eigenvalue weighted by Gasteiger charge is 2.16. The van der Waals surface area contributed by atoms with Gasteiger partial charge in [-0.3, -0.25) is 4.79 Å². The number of hydrogen-bond acceptors (Lipinski definition) is 6. The number of ether oxygens (including phenoxy) is 1. The molecule has 0 aromatic carbocycles. The Hall–Kier alpha value is -2.44. The van der Waals surface area contributed by atoms with Crippen molar-refractivity contribution in [3.8, 4) is 6.01 Å². The van der Waals surface area contributed by atoms with E-state index in [1.807, 2.05) is 6.92 Å². The highest BCUT2D eigenvalue weighted by atomic mass is 16.5. The summed E-state index contributed by atoms with van der Waals surface area (Å²) in [4.78, 5) is 20.4. The average Bonchev–Trinajstić information content (AvgIpc) is 2.81. The molecule has 7 nitrogen and oxygen atoms in total. The zero-order valence-corrected chi connectivity index (χ0v) is 11.9. The van der Waals surface area contributed by atoms with Crippen LogP contribution in [0.3, 0.4) is 0 Å². The van der Waals surface area contributed by atoms with Gasteiger partial charge >= 0.3 is 6.01 Å². The fourth-order valence-electron chi connectivity index (χ4n) is 1.71. The summed E-state index contributed by atoms with van der Waals surface area (Å²) in [5.41, 5.74) is 2.04. The number of amides is 1. The van der Waals surface area contributed by atoms with Crippen LogP contribution in [0.4, 0.5) is 5.69 Å². The topological polar surface area (TPSA) is 90.1 Å². The molecule has 1 amide bonds. The van der Waals surface area contributed by atoms with Gasteiger partial charge in [0.05, 0.1) is 23.7 Å². The van der Waals surface area contributed by atoms with Gasteiger partial charge in [-0.05, 0) is 27.7 Å². The summed E-state index contributed by atoms with van der Waals surface area (Å²) in [6, 6.07) is 1.87. The molecule has 0 fully saturated rings. The fourth-order valence-corrected chi connectivity index (χ4v) is 1.71. The van der Waals surface area contributed by atoms with Crippen LogP contribution < -0.4 is 10.1 Å². The molecule has 2 aromatic rings. The van der Waals surface area contributed by atoms with E-state index >= 15 is 0 Å². The maximum Gasteiger partial charge on any atom is 0.316 e. The summed E-state index contributed by atoms with van der Waals surface area (Å²) in [6.45, 7) is 7.63. The van der Waals surface area contributed by atoms with Gasteiger partial charge in [-0.1, -0.05) is 5.16 Å². The number of anilines is 1. The van der Waals surface area contributed by atoms with Gasteiger partial charge in [0, 0.05) is 6.07 Å². The average molecular weight is 276 g/mol. The van der Waals surface area contributed by atoms with Crippen LogP contribution in [0.25, 0.3) is 0 Å². The van der Waals surface area contributed by atoms with Crippen molar-refractivity contribution < 1.29 is 14.1 Å². The standard InChI is InChI=1S/C13H16N4O3/c1-5-19-13-14-8(3)11(9(4)15-13)16-12(18)10-6-7(2)20-17-10/h6H,5H2,1-4H3,(H,16,18). The molecular weight excluding hydrogens is 260 g/mol. The molecule has 0 saturated heterocycles. The van der Waals surface area contributed by atoms with Crippen molar-refractivity contribution in [3.63, 3.8) is 0 Å². The van der Waals surface area contributed by atoms with Crippen LogP contribution in [0.2, 0.25) is 0 Å². The lowest BCUT2D eigenvalue weighted by molar-refractivity contribution is 0.101. The van der Waals surface area contributed by atoms with Crippen LogP contribution >= 0.6 is 0 Å². The predicted octanol–water partition coefficient (Wildman–Crippen LogP) is 2.04. The van der Waals surface area contributed by atoms with E-state index in [2.05, 4.69) is 20.4 Å².